The molecule has 5 heteroatoms. The zero-order valence-electron chi connectivity index (χ0n) is 9.77. The molecule has 0 spiro atoms. The van der Waals surface area contributed by atoms with E-state index in [1.165, 1.54) is 12.1 Å². The van der Waals surface area contributed by atoms with Crippen LogP contribution in [-0.4, -0.2) is 15.1 Å². The SMILES string of the molecule is Cc1nccc(C(O)Cc2ccc(F)c(Cl)c2)n1. The summed E-state index contributed by atoms with van der Waals surface area (Å²) in [5, 5.41) is 10.1. The van der Waals surface area contributed by atoms with Crippen LogP contribution in [-0.2, 0) is 6.42 Å². The van der Waals surface area contributed by atoms with Crippen LogP contribution in [0.25, 0.3) is 0 Å². The first-order chi connectivity index (χ1) is 8.56. The highest BCUT2D eigenvalue weighted by molar-refractivity contribution is 6.30. The summed E-state index contributed by atoms with van der Waals surface area (Å²) in [7, 11) is 0. The first kappa shape index (κ1) is 12.9. The van der Waals surface area contributed by atoms with Crippen LogP contribution >= 0.6 is 11.6 Å². The monoisotopic (exact) mass is 266 g/mol. The van der Waals surface area contributed by atoms with Gasteiger partial charge in [-0.15, -0.1) is 0 Å². The van der Waals surface area contributed by atoms with Crippen molar-refractivity contribution < 1.29 is 9.50 Å². The van der Waals surface area contributed by atoms with Crippen molar-refractivity contribution in [2.24, 2.45) is 0 Å². The number of nitrogens with zero attached hydrogens (tertiary/aromatic N) is 2. The fourth-order valence-electron chi connectivity index (χ4n) is 1.65. The molecular weight excluding hydrogens is 255 g/mol. The predicted octanol–water partition coefficient (Wildman–Crippen LogP) is 2.85. The average molecular weight is 267 g/mol. The molecule has 1 aromatic carbocycles. The van der Waals surface area contributed by atoms with E-state index >= 15 is 0 Å². The highest BCUT2D eigenvalue weighted by Crippen LogP contribution is 2.21. The second-order valence-corrected chi connectivity index (χ2v) is 4.40. The molecule has 2 aromatic rings. The zero-order chi connectivity index (χ0) is 13.1. The van der Waals surface area contributed by atoms with Crippen molar-refractivity contribution in [2.45, 2.75) is 19.4 Å². The number of aliphatic hydroxyl groups is 1. The van der Waals surface area contributed by atoms with Crippen LogP contribution in [0, 0.1) is 12.7 Å². The van der Waals surface area contributed by atoms with E-state index in [9.17, 15) is 9.50 Å². The minimum Gasteiger partial charge on any atom is -0.386 e. The van der Waals surface area contributed by atoms with E-state index in [4.69, 9.17) is 11.6 Å². The van der Waals surface area contributed by atoms with Gasteiger partial charge in [0.2, 0.25) is 0 Å². The molecule has 0 aliphatic rings. The molecule has 0 aliphatic carbocycles. The van der Waals surface area contributed by atoms with Crippen LogP contribution in [0.1, 0.15) is 23.2 Å². The minimum atomic E-state index is -0.756. The first-order valence-corrected chi connectivity index (χ1v) is 5.85. The van der Waals surface area contributed by atoms with Gasteiger partial charge in [-0.25, -0.2) is 14.4 Å². The highest BCUT2D eigenvalue weighted by Gasteiger charge is 2.11. The molecule has 1 N–H and O–H groups in total. The zero-order valence-corrected chi connectivity index (χ0v) is 10.5. The van der Waals surface area contributed by atoms with Gasteiger partial charge in [-0.3, -0.25) is 0 Å². The van der Waals surface area contributed by atoms with Gasteiger partial charge >= 0.3 is 0 Å². The maximum Gasteiger partial charge on any atom is 0.141 e. The Morgan fingerprint density at radius 1 is 1.39 bits per heavy atom. The Morgan fingerprint density at radius 2 is 2.17 bits per heavy atom. The molecule has 0 amide bonds. The van der Waals surface area contributed by atoms with Crippen LogP contribution < -0.4 is 0 Å². The van der Waals surface area contributed by atoms with Crippen molar-refractivity contribution in [1.82, 2.24) is 9.97 Å². The fraction of sp³-hybridized carbons (Fsp3) is 0.231. The fourth-order valence-corrected chi connectivity index (χ4v) is 1.86. The van der Waals surface area contributed by atoms with E-state index in [-0.39, 0.29) is 5.02 Å². The maximum absolute atomic E-state index is 13.0. The summed E-state index contributed by atoms with van der Waals surface area (Å²) in [6, 6.07) is 6.05. The quantitative estimate of drug-likeness (QED) is 0.929. The molecule has 18 heavy (non-hydrogen) atoms. The van der Waals surface area contributed by atoms with Gasteiger partial charge in [0.05, 0.1) is 10.7 Å². The largest absolute Gasteiger partial charge is 0.386 e. The number of hydrogen-bond acceptors (Lipinski definition) is 3. The van der Waals surface area contributed by atoms with Gasteiger partial charge in [0, 0.05) is 12.6 Å². The third kappa shape index (κ3) is 3.03. The van der Waals surface area contributed by atoms with Crippen LogP contribution in [0.2, 0.25) is 5.02 Å². The van der Waals surface area contributed by atoms with E-state index < -0.39 is 11.9 Å². The average Bonchev–Trinajstić information content (AvgIpc) is 2.34. The predicted molar refractivity (Wildman–Crippen MR) is 66.8 cm³/mol. The Morgan fingerprint density at radius 3 is 2.83 bits per heavy atom. The Hall–Kier alpha value is -1.52. The lowest BCUT2D eigenvalue weighted by Gasteiger charge is -2.10. The molecule has 0 bridgehead atoms. The summed E-state index contributed by atoms with van der Waals surface area (Å²) >= 11 is 5.69. The molecule has 1 atom stereocenters. The van der Waals surface area contributed by atoms with Gasteiger partial charge in [0.15, 0.2) is 0 Å². The van der Waals surface area contributed by atoms with Crippen molar-refractivity contribution in [1.29, 1.82) is 0 Å². The number of benzene rings is 1. The maximum atomic E-state index is 13.0. The number of aliphatic hydroxyl groups excluding tert-OH is 1. The standard InChI is InChI=1S/C13H12ClFN2O/c1-8-16-5-4-12(17-8)13(18)7-9-2-3-11(15)10(14)6-9/h2-6,13,18H,7H2,1H3. The van der Waals surface area contributed by atoms with Gasteiger partial charge in [-0.05, 0) is 30.7 Å². The number of aryl methyl sites for hydroxylation is 1. The van der Waals surface area contributed by atoms with Gasteiger partial charge < -0.3 is 5.11 Å². The highest BCUT2D eigenvalue weighted by atomic mass is 35.5. The number of aromatic nitrogens is 2. The van der Waals surface area contributed by atoms with Gasteiger partial charge in [-0.1, -0.05) is 17.7 Å². The normalized spacial score (nSPS) is 12.4. The molecule has 2 rings (SSSR count). The van der Waals surface area contributed by atoms with Crippen molar-refractivity contribution in [3.05, 3.63) is 58.4 Å². The summed E-state index contributed by atoms with van der Waals surface area (Å²) in [4.78, 5) is 8.10. The molecule has 0 aliphatic heterocycles. The summed E-state index contributed by atoms with van der Waals surface area (Å²) in [6.07, 6.45) is 1.17. The summed E-state index contributed by atoms with van der Waals surface area (Å²) < 4.78 is 13.0. The van der Waals surface area contributed by atoms with Crippen LogP contribution in [0.15, 0.2) is 30.5 Å². The topological polar surface area (TPSA) is 46.0 Å². The molecule has 0 radical (unpaired) electrons. The van der Waals surface area contributed by atoms with E-state index in [1.54, 1.807) is 25.3 Å². The minimum absolute atomic E-state index is 0.0542. The van der Waals surface area contributed by atoms with E-state index in [0.717, 1.165) is 5.56 Å². The van der Waals surface area contributed by atoms with Crippen molar-refractivity contribution in [3.8, 4) is 0 Å². The molecule has 1 heterocycles. The molecule has 0 fully saturated rings. The van der Waals surface area contributed by atoms with E-state index in [2.05, 4.69) is 9.97 Å². The van der Waals surface area contributed by atoms with Crippen molar-refractivity contribution in [3.63, 3.8) is 0 Å². The Balaban J connectivity index is 2.16. The number of rotatable bonds is 3. The van der Waals surface area contributed by atoms with E-state index in [0.29, 0.717) is 17.9 Å². The lowest BCUT2D eigenvalue weighted by Crippen LogP contribution is -2.05. The Kier molecular flexibility index (Phi) is 3.89. The third-order valence-electron chi connectivity index (χ3n) is 2.55. The first-order valence-electron chi connectivity index (χ1n) is 5.48. The van der Waals surface area contributed by atoms with Crippen LogP contribution in [0.3, 0.4) is 0 Å². The lowest BCUT2D eigenvalue weighted by molar-refractivity contribution is 0.173. The smallest absolute Gasteiger partial charge is 0.141 e. The van der Waals surface area contributed by atoms with Crippen molar-refractivity contribution >= 4 is 11.6 Å². The van der Waals surface area contributed by atoms with E-state index in [1.807, 2.05) is 0 Å². The van der Waals surface area contributed by atoms with Gasteiger partial charge in [-0.2, -0.15) is 0 Å². The third-order valence-corrected chi connectivity index (χ3v) is 2.84. The van der Waals surface area contributed by atoms with Gasteiger partial charge in [0.25, 0.3) is 0 Å². The summed E-state index contributed by atoms with van der Waals surface area (Å²) in [6.45, 7) is 1.75. The van der Waals surface area contributed by atoms with Crippen molar-refractivity contribution in [2.75, 3.05) is 0 Å². The molecule has 3 nitrogen and oxygen atoms in total. The molecular formula is C13H12ClFN2O. The second-order valence-electron chi connectivity index (χ2n) is 4.00. The number of halogens is 2. The molecule has 1 unspecified atom stereocenters. The number of hydrogen-bond donors (Lipinski definition) is 1. The van der Waals surface area contributed by atoms with Gasteiger partial charge in [0.1, 0.15) is 17.7 Å². The summed E-state index contributed by atoms with van der Waals surface area (Å²) in [5.41, 5.74) is 1.30. The summed E-state index contributed by atoms with van der Waals surface area (Å²) in [5.74, 6) is 0.136. The molecule has 0 saturated heterocycles. The molecule has 94 valence electrons. The second kappa shape index (κ2) is 5.42. The lowest BCUT2D eigenvalue weighted by atomic mass is 10.1. The Labute approximate surface area is 109 Å². The van der Waals surface area contributed by atoms with Crippen LogP contribution in [0.4, 0.5) is 4.39 Å². The molecule has 1 aromatic heterocycles. The van der Waals surface area contributed by atoms with Crippen LogP contribution in [0.5, 0.6) is 0 Å². The molecule has 0 saturated carbocycles. The Bertz CT molecular complexity index is 562.